The van der Waals surface area contributed by atoms with Gasteiger partial charge in [0.25, 0.3) is 11.6 Å². The number of benzene rings is 2. The van der Waals surface area contributed by atoms with Crippen LogP contribution in [0.1, 0.15) is 27.0 Å². The van der Waals surface area contributed by atoms with Crippen molar-refractivity contribution in [2.45, 2.75) is 19.9 Å². The number of hydrogen-bond donors (Lipinski definition) is 1. The third kappa shape index (κ3) is 2.61. The number of carbonyl (C=O) groups is 1. The number of aryl methyl sites for hydroxylation is 1. The van der Waals surface area contributed by atoms with Crippen LogP contribution in [-0.2, 0) is 13.0 Å². The number of nitro groups is 1. The van der Waals surface area contributed by atoms with Crippen LogP contribution in [-0.4, -0.2) is 27.3 Å². The number of non-ortho nitro benzene ring substituents is 1. The van der Waals surface area contributed by atoms with Gasteiger partial charge in [0.2, 0.25) is 0 Å². The molecule has 4 rings (SSSR count). The van der Waals surface area contributed by atoms with E-state index in [9.17, 15) is 19.3 Å². The molecule has 0 fully saturated rings. The van der Waals surface area contributed by atoms with Crippen LogP contribution in [0.5, 0.6) is 0 Å². The zero-order chi connectivity index (χ0) is 18.4. The molecule has 132 valence electrons. The van der Waals surface area contributed by atoms with Crippen molar-refractivity contribution in [3.05, 3.63) is 74.7 Å². The third-order valence-corrected chi connectivity index (χ3v) is 4.92. The van der Waals surface area contributed by atoms with E-state index in [2.05, 4.69) is 4.98 Å². The molecule has 26 heavy (non-hydrogen) atoms. The Hall–Kier alpha value is -3.22. The third-order valence-electron chi connectivity index (χ3n) is 4.92. The summed E-state index contributed by atoms with van der Waals surface area (Å²) in [5.74, 6) is -0.390. The topological polar surface area (TPSA) is 79.2 Å². The highest BCUT2D eigenvalue weighted by Crippen LogP contribution is 2.28. The van der Waals surface area contributed by atoms with E-state index in [0.29, 0.717) is 36.0 Å². The lowest BCUT2D eigenvalue weighted by Crippen LogP contribution is -2.36. The standard InChI is InChI=1S/C19H16FN3O3/c1-11-6-13(20)7-12-4-5-22(10-17(11)12)19(24)16-9-21-18-8-14(23(25)26)2-3-15(16)18/h2-3,6-9,21H,4-5,10H2,1H3. The monoisotopic (exact) mass is 353 g/mol. The number of aromatic amines is 1. The summed E-state index contributed by atoms with van der Waals surface area (Å²) < 4.78 is 13.6. The molecule has 6 nitrogen and oxygen atoms in total. The molecule has 2 heterocycles. The molecule has 0 bridgehead atoms. The summed E-state index contributed by atoms with van der Waals surface area (Å²) in [4.78, 5) is 28.1. The number of aromatic nitrogens is 1. The van der Waals surface area contributed by atoms with Crippen LogP contribution >= 0.6 is 0 Å². The van der Waals surface area contributed by atoms with Gasteiger partial charge in [-0.25, -0.2) is 4.39 Å². The first-order chi connectivity index (χ1) is 12.4. The number of nitrogens with zero attached hydrogens (tertiary/aromatic N) is 2. The molecule has 1 N–H and O–H groups in total. The van der Waals surface area contributed by atoms with Gasteiger partial charge in [-0.05, 0) is 48.2 Å². The van der Waals surface area contributed by atoms with E-state index in [1.165, 1.54) is 24.3 Å². The van der Waals surface area contributed by atoms with Crippen LogP contribution in [0.25, 0.3) is 10.9 Å². The van der Waals surface area contributed by atoms with Crippen LogP contribution in [0, 0.1) is 22.9 Å². The molecule has 1 amide bonds. The lowest BCUT2D eigenvalue weighted by Gasteiger charge is -2.30. The first-order valence-electron chi connectivity index (χ1n) is 8.27. The minimum atomic E-state index is -0.467. The Morgan fingerprint density at radius 1 is 1.31 bits per heavy atom. The fourth-order valence-electron chi connectivity index (χ4n) is 3.57. The number of fused-ring (bicyclic) bond motifs is 2. The summed E-state index contributed by atoms with van der Waals surface area (Å²) in [5.41, 5.74) is 3.79. The molecule has 0 saturated carbocycles. The predicted molar refractivity (Wildman–Crippen MR) is 94.5 cm³/mol. The molecule has 2 aromatic carbocycles. The number of rotatable bonds is 2. The number of amides is 1. The van der Waals surface area contributed by atoms with Gasteiger partial charge in [-0.3, -0.25) is 14.9 Å². The van der Waals surface area contributed by atoms with Crippen LogP contribution in [0.3, 0.4) is 0 Å². The lowest BCUT2D eigenvalue weighted by atomic mass is 9.95. The minimum absolute atomic E-state index is 0.0251. The number of hydrogen-bond acceptors (Lipinski definition) is 3. The molecule has 1 aromatic heterocycles. The van der Waals surface area contributed by atoms with Crippen molar-refractivity contribution in [2.75, 3.05) is 6.54 Å². The van der Waals surface area contributed by atoms with Gasteiger partial charge in [-0.1, -0.05) is 0 Å². The number of nitro benzene ring substituents is 1. The summed E-state index contributed by atoms with van der Waals surface area (Å²) in [6.45, 7) is 2.79. The zero-order valence-corrected chi connectivity index (χ0v) is 14.1. The Bertz CT molecular complexity index is 1060. The van der Waals surface area contributed by atoms with Gasteiger partial charge in [-0.15, -0.1) is 0 Å². The lowest BCUT2D eigenvalue weighted by molar-refractivity contribution is -0.384. The highest BCUT2D eigenvalue weighted by atomic mass is 19.1. The van der Waals surface area contributed by atoms with Crippen LogP contribution < -0.4 is 0 Å². The van der Waals surface area contributed by atoms with Crippen molar-refractivity contribution < 1.29 is 14.1 Å². The molecule has 0 spiro atoms. The van der Waals surface area contributed by atoms with Gasteiger partial charge in [-0.2, -0.15) is 0 Å². The second-order valence-electron chi connectivity index (χ2n) is 6.53. The SMILES string of the molecule is Cc1cc(F)cc2c1CN(C(=O)c1c[nH]c3cc([N+](=O)[O-])ccc13)CC2. The van der Waals surface area contributed by atoms with E-state index in [-0.39, 0.29) is 17.4 Å². The molecule has 0 unspecified atom stereocenters. The van der Waals surface area contributed by atoms with Gasteiger partial charge in [0.1, 0.15) is 5.82 Å². The van der Waals surface area contributed by atoms with Gasteiger partial charge < -0.3 is 9.88 Å². The van der Waals surface area contributed by atoms with E-state index < -0.39 is 4.92 Å². The maximum atomic E-state index is 13.6. The Morgan fingerprint density at radius 2 is 2.12 bits per heavy atom. The summed E-state index contributed by atoms with van der Waals surface area (Å²) in [5, 5.41) is 11.5. The van der Waals surface area contributed by atoms with Crippen molar-refractivity contribution in [2.24, 2.45) is 0 Å². The Morgan fingerprint density at radius 3 is 2.88 bits per heavy atom. The minimum Gasteiger partial charge on any atom is -0.360 e. The molecule has 0 saturated heterocycles. The maximum absolute atomic E-state index is 13.6. The molecule has 1 aliphatic rings. The molecular formula is C19H16FN3O3. The zero-order valence-electron chi connectivity index (χ0n) is 14.1. The number of carbonyl (C=O) groups excluding carboxylic acids is 1. The second-order valence-corrected chi connectivity index (χ2v) is 6.53. The maximum Gasteiger partial charge on any atom is 0.271 e. The van der Waals surface area contributed by atoms with Crippen molar-refractivity contribution >= 4 is 22.5 Å². The molecule has 7 heteroatoms. The Balaban J connectivity index is 1.66. The molecule has 3 aromatic rings. The predicted octanol–water partition coefficient (Wildman–Crippen LogP) is 3.72. The first-order valence-corrected chi connectivity index (χ1v) is 8.27. The molecule has 0 radical (unpaired) electrons. The van der Waals surface area contributed by atoms with Crippen LogP contribution in [0.2, 0.25) is 0 Å². The Labute approximate surface area is 148 Å². The second kappa shape index (κ2) is 5.94. The van der Waals surface area contributed by atoms with Gasteiger partial charge in [0, 0.05) is 36.8 Å². The van der Waals surface area contributed by atoms with Crippen molar-refractivity contribution in [3.63, 3.8) is 0 Å². The highest BCUT2D eigenvalue weighted by molar-refractivity contribution is 6.07. The van der Waals surface area contributed by atoms with E-state index in [0.717, 1.165) is 16.7 Å². The summed E-state index contributed by atoms with van der Waals surface area (Å²) in [6.07, 6.45) is 2.19. The molecular weight excluding hydrogens is 337 g/mol. The quantitative estimate of drug-likeness (QED) is 0.563. The van der Waals surface area contributed by atoms with Crippen molar-refractivity contribution in [1.29, 1.82) is 0 Å². The summed E-state index contributed by atoms with van der Waals surface area (Å²) >= 11 is 0. The average molecular weight is 353 g/mol. The summed E-state index contributed by atoms with van der Waals surface area (Å²) in [7, 11) is 0. The van der Waals surface area contributed by atoms with Crippen LogP contribution in [0.15, 0.2) is 36.5 Å². The fraction of sp³-hybridized carbons (Fsp3) is 0.211. The normalized spacial score (nSPS) is 13.7. The smallest absolute Gasteiger partial charge is 0.271 e. The molecule has 1 aliphatic heterocycles. The number of halogens is 1. The van der Waals surface area contributed by atoms with Crippen LogP contribution in [0.4, 0.5) is 10.1 Å². The largest absolute Gasteiger partial charge is 0.360 e. The van der Waals surface area contributed by atoms with E-state index in [1.807, 2.05) is 6.92 Å². The van der Waals surface area contributed by atoms with Crippen molar-refractivity contribution in [3.8, 4) is 0 Å². The highest BCUT2D eigenvalue weighted by Gasteiger charge is 2.25. The van der Waals surface area contributed by atoms with E-state index in [4.69, 9.17) is 0 Å². The molecule has 0 aliphatic carbocycles. The van der Waals surface area contributed by atoms with E-state index >= 15 is 0 Å². The average Bonchev–Trinajstić information content (AvgIpc) is 3.03. The summed E-state index contributed by atoms with van der Waals surface area (Å²) in [6, 6.07) is 7.43. The van der Waals surface area contributed by atoms with Gasteiger partial charge in [0.05, 0.1) is 16.0 Å². The van der Waals surface area contributed by atoms with Crippen molar-refractivity contribution in [1.82, 2.24) is 9.88 Å². The number of H-pyrrole nitrogens is 1. The van der Waals surface area contributed by atoms with E-state index in [1.54, 1.807) is 17.2 Å². The van der Waals surface area contributed by atoms with Gasteiger partial charge in [0.15, 0.2) is 0 Å². The Kier molecular flexibility index (Phi) is 3.72. The fourth-order valence-corrected chi connectivity index (χ4v) is 3.57. The number of nitrogens with one attached hydrogen (secondary N) is 1. The van der Waals surface area contributed by atoms with Gasteiger partial charge >= 0.3 is 0 Å². The first kappa shape index (κ1) is 16.3. The molecule has 0 atom stereocenters.